The first-order valence-corrected chi connectivity index (χ1v) is 13.1. The van der Waals surface area contributed by atoms with Crippen molar-refractivity contribution in [1.82, 2.24) is 0 Å². The van der Waals surface area contributed by atoms with Gasteiger partial charge in [-0.25, -0.2) is 17.6 Å². The smallest absolute Gasteiger partial charge is 0.194 e. The SMILES string of the molecule is Fc1cc(C2CCCCC2)ccc1C1=CCC(C2CCC(c3cc(F)c(F)c(F)c3)CC2)CC1. The van der Waals surface area contributed by atoms with Crippen molar-refractivity contribution in [3.63, 3.8) is 0 Å². The van der Waals surface area contributed by atoms with Gasteiger partial charge in [-0.3, -0.25) is 0 Å². The topological polar surface area (TPSA) is 0 Å². The normalized spacial score (nSPS) is 26.4. The van der Waals surface area contributed by atoms with E-state index in [4.69, 9.17) is 0 Å². The van der Waals surface area contributed by atoms with Crippen molar-refractivity contribution in [1.29, 1.82) is 0 Å². The molecule has 4 heteroatoms. The van der Waals surface area contributed by atoms with Crippen molar-refractivity contribution >= 4 is 5.57 Å². The molecule has 0 spiro atoms. The third-order valence-corrected chi connectivity index (χ3v) is 8.78. The van der Waals surface area contributed by atoms with Crippen LogP contribution in [0, 0.1) is 35.1 Å². The summed E-state index contributed by atoms with van der Waals surface area (Å²) in [5.41, 5.74) is 3.64. The highest BCUT2D eigenvalue weighted by atomic mass is 19.2. The van der Waals surface area contributed by atoms with Gasteiger partial charge in [0.1, 0.15) is 5.82 Å². The molecule has 0 saturated heterocycles. The lowest BCUT2D eigenvalue weighted by Crippen LogP contribution is -2.22. The van der Waals surface area contributed by atoms with E-state index >= 15 is 4.39 Å². The zero-order chi connectivity index (χ0) is 23.7. The minimum Gasteiger partial charge on any atom is -0.206 e. The Labute approximate surface area is 200 Å². The second kappa shape index (κ2) is 10.3. The first-order chi connectivity index (χ1) is 16.5. The Morgan fingerprint density at radius 3 is 1.85 bits per heavy atom. The molecule has 2 fully saturated rings. The molecule has 1 atom stereocenters. The van der Waals surface area contributed by atoms with Crippen molar-refractivity contribution in [2.75, 3.05) is 0 Å². The van der Waals surface area contributed by atoms with Gasteiger partial charge in [0.05, 0.1) is 0 Å². The number of hydrogen-bond acceptors (Lipinski definition) is 0. The molecule has 0 aliphatic heterocycles. The molecule has 3 aliphatic carbocycles. The maximum Gasteiger partial charge on any atom is 0.194 e. The molecule has 0 nitrogen and oxygen atoms in total. The van der Waals surface area contributed by atoms with Crippen LogP contribution in [0.1, 0.15) is 106 Å². The number of halogens is 4. The van der Waals surface area contributed by atoms with Gasteiger partial charge in [-0.1, -0.05) is 37.5 Å². The number of benzene rings is 2. The van der Waals surface area contributed by atoms with Crippen molar-refractivity contribution < 1.29 is 17.6 Å². The summed E-state index contributed by atoms with van der Waals surface area (Å²) < 4.78 is 55.6. The Kier molecular flexibility index (Phi) is 7.13. The zero-order valence-electron chi connectivity index (χ0n) is 19.8. The predicted molar refractivity (Wildman–Crippen MR) is 129 cm³/mol. The molecule has 34 heavy (non-hydrogen) atoms. The van der Waals surface area contributed by atoms with Crippen molar-refractivity contribution in [2.45, 2.75) is 88.9 Å². The Morgan fingerprint density at radius 1 is 0.588 bits per heavy atom. The van der Waals surface area contributed by atoms with E-state index < -0.39 is 17.5 Å². The highest BCUT2D eigenvalue weighted by Gasteiger charge is 2.30. The predicted octanol–water partition coefficient (Wildman–Crippen LogP) is 9.45. The van der Waals surface area contributed by atoms with Gasteiger partial charge in [0, 0.05) is 5.56 Å². The van der Waals surface area contributed by atoms with E-state index in [0.717, 1.165) is 73.8 Å². The van der Waals surface area contributed by atoms with Crippen LogP contribution in [0.2, 0.25) is 0 Å². The molecule has 2 saturated carbocycles. The molecule has 0 aromatic heterocycles. The molecule has 3 aliphatic rings. The van der Waals surface area contributed by atoms with E-state index in [1.54, 1.807) is 6.07 Å². The quantitative estimate of drug-likeness (QED) is 0.308. The zero-order valence-corrected chi connectivity index (χ0v) is 19.8. The lowest BCUT2D eigenvalue weighted by molar-refractivity contribution is 0.220. The Balaban J connectivity index is 1.18. The fraction of sp³-hybridized carbons (Fsp3) is 0.533. The summed E-state index contributed by atoms with van der Waals surface area (Å²) in [6, 6.07) is 8.24. The summed E-state index contributed by atoms with van der Waals surface area (Å²) in [7, 11) is 0. The average Bonchev–Trinajstić information content (AvgIpc) is 2.88. The summed E-state index contributed by atoms with van der Waals surface area (Å²) in [6.07, 6.45) is 15.1. The minimum absolute atomic E-state index is 0.0768. The van der Waals surface area contributed by atoms with Crippen LogP contribution < -0.4 is 0 Å². The van der Waals surface area contributed by atoms with Gasteiger partial charge >= 0.3 is 0 Å². The average molecular weight is 471 g/mol. The van der Waals surface area contributed by atoms with Crippen LogP contribution in [0.3, 0.4) is 0 Å². The molecular weight excluding hydrogens is 436 g/mol. The van der Waals surface area contributed by atoms with Gasteiger partial charge in [0.2, 0.25) is 0 Å². The molecule has 0 N–H and O–H groups in total. The van der Waals surface area contributed by atoms with Gasteiger partial charge in [0.15, 0.2) is 17.5 Å². The van der Waals surface area contributed by atoms with Crippen molar-refractivity contribution in [3.8, 4) is 0 Å². The largest absolute Gasteiger partial charge is 0.206 e. The monoisotopic (exact) mass is 470 g/mol. The molecule has 0 heterocycles. The third-order valence-electron chi connectivity index (χ3n) is 8.78. The summed E-state index contributed by atoms with van der Waals surface area (Å²) >= 11 is 0. The molecule has 182 valence electrons. The highest BCUT2D eigenvalue weighted by Crippen LogP contribution is 2.44. The first kappa shape index (κ1) is 23.6. The summed E-state index contributed by atoms with van der Waals surface area (Å²) in [5, 5.41) is 0. The van der Waals surface area contributed by atoms with Crippen LogP contribution in [0.15, 0.2) is 36.4 Å². The van der Waals surface area contributed by atoms with Crippen LogP contribution in [-0.4, -0.2) is 0 Å². The van der Waals surface area contributed by atoms with E-state index in [9.17, 15) is 13.2 Å². The lowest BCUT2D eigenvalue weighted by Gasteiger charge is -2.35. The molecule has 2 aromatic rings. The van der Waals surface area contributed by atoms with Crippen LogP contribution in [-0.2, 0) is 0 Å². The fourth-order valence-corrected chi connectivity index (χ4v) is 6.74. The standard InChI is InChI=1S/C30H34F4/c31-27-16-24(19-4-2-1-3-5-19)14-15-26(27)23-12-10-21(11-13-23)20-6-8-22(9-7-20)25-17-28(32)30(34)29(33)18-25/h12,14-22H,1-11,13H2. The van der Waals surface area contributed by atoms with E-state index in [2.05, 4.69) is 12.1 Å². The lowest BCUT2D eigenvalue weighted by atomic mass is 9.70. The van der Waals surface area contributed by atoms with Crippen molar-refractivity contribution in [3.05, 3.63) is 76.4 Å². The third kappa shape index (κ3) is 4.97. The van der Waals surface area contributed by atoms with Crippen LogP contribution in [0.25, 0.3) is 5.57 Å². The van der Waals surface area contributed by atoms with Crippen LogP contribution in [0.4, 0.5) is 17.6 Å². The summed E-state index contributed by atoms with van der Waals surface area (Å²) in [6.45, 7) is 0. The van der Waals surface area contributed by atoms with E-state index in [1.807, 2.05) is 6.07 Å². The second-order valence-corrected chi connectivity index (χ2v) is 10.7. The van der Waals surface area contributed by atoms with Crippen molar-refractivity contribution in [2.24, 2.45) is 11.8 Å². The Hall–Kier alpha value is -2.10. The van der Waals surface area contributed by atoms with E-state index in [1.165, 1.54) is 32.1 Å². The van der Waals surface area contributed by atoms with E-state index in [-0.39, 0.29) is 11.7 Å². The van der Waals surface area contributed by atoms with E-state index in [0.29, 0.717) is 23.3 Å². The van der Waals surface area contributed by atoms with Gasteiger partial charge in [-0.15, -0.1) is 0 Å². The molecule has 0 bridgehead atoms. The second-order valence-electron chi connectivity index (χ2n) is 10.7. The maximum absolute atomic E-state index is 15.0. The number of rotatable bonds is 4. The molecule has 5 rings (SSSR count). The van der Waals surface area contributed by atoms with Crippen LogP contribution in [0.5, 0.6) is 0 Å². The maximum atomic E-state index is 15.0. The minimum atomic E-state index is -1.39. The first-order valence-electron chi connectivity index (χ1n) is 13.1. The summed E-state index contributed by atoms with van der Waals surface area (Å²) in [5.74, 6) is -1.89. The molecule has 1 unspecified atom stereocenters. The molecule has 2 aromatic carbocycles. The van der Waals surface area contributed by atoms with Gasteiger partial charge < -0.3 is 0 Å². The van der Waals surface area contributed by atoms with Gasteiger partial charge in [-0.2, -0.15) is 0 Å². The fourth-order valence-electron chi connectivity index (χ4n) is 6.74. The summed E-state index contributed by atoms with van der Waals surface area (Å²) in [4.78, 5) is 0. The molecule has 0 amide bonds. The molecule has 0 radical (unpaired) electrons. The highest BCUT2D eigenvalue weighted by molar-refractivity contribution is 5.67. The van der Waals surface area contributed by atoms with Gasteiger partial charge in [-0.05, 0) is 116 Å². The number of allylic oxidation sites excluding steroid dienone is 2. The Bertz CT molecular complexity index is 1020. The van der Waals surface area contributed by atoms with Crippen LogP contribution >= 0.6 is 0 Å². The number of hydrogen-bond donors (Lipinski definition) is 0. The Morgan fingerprint density at radius 2 is 1.24 bits per heavy atom. The van der Waals surface area contributed by atoms with Gasteiger partial charge in [0.25, 0.3) is 0 Å². The molecular formula is C30H34F4.